The van der Waals surface area contributed by atoms with Crippen molar-refractivity contribution in [2.75, 3.05) is 6.54 Å². The zero-order chi connectivity index (χ0) is 12.5. The van der Waals surface area contributed by atoms with Crippen LogP contribution in [0.15, 0.2) is 0 Å². The molecule has 0 heterocycles. The highest BCUT2D eigenvalue weighted by atomic mass is 14.9. The van der Waals surface area contributed by atoms with E-state index in [1.54, 1.807) is 0 Å². The minimum atomic E-state index is 0.827. The van der Waals surface area contributed by atoms with Crippen molar-refractivity contribution in [3.05, 3.63) is 0 Å². The maximum Gasteiger partial charge on any atom is 0.00955 e. The Labute approximate surface area is 109 Å². The highest BCUT2D eigenvalue weighted by Crippen LogP contribution is 2.32. The molecule has 0 bridgehead atoms. The first-order valence-corrected chi connectivity index (χ1v) is 8.01. The molecular formula is C16H33N. The minimum Gasteiger partial charge on any atom is -0.314 e. The van der Waals surface area contributed by atoms with Crippen LogP contribution >= 0.6 is 0 Å². The van der Waals surface area contributed by atoms with Gasteiger partial charge in [-0.1, -0.05) is 46.5 Å². The highest BCUT2D eigenvalue weighted by Gasteiger charge is 2.27. The van der Waals surface area contributed by atoms with Crippen LogP contribution in [0, 0.1) is 11.8 Å². The second kappa shape index (κ2) is 8.97. The summed E-state index contributed by atoms with van der Waals surface area (Å²) in [5.74, 6) is 1.92. The molecule has 1 fully saturated rings. The molecule has 0 amide bonds. The molecule has 3 unspecified atom stereocenters. The SMILES string of the molecule is CCCCCCC1CC(C)CCC1NCCC. The number of nitrogens with one attached hydrogen (secondary N) is 1. The first-order chi connectivity index (χ1) is 8.27. The van der Waals surface area contributed by atoms with Gasteiger partial charge in [0.25, 0.3) is 0 Å². The highest BCUT2D eigenvalue weighted by molar-refractivity contribution is 4.83. The molecule has 102 valence electrons. The molecule has 1 aliphatic rings. The fourth-order valence-electron chi connectivity index (χ4n) is 3.25. The van der Waals surface area contributed by atoms with Crippen LogP contribution in [0.1, 0.15) is 78.6 Å². The van der Waals surface area contributed by atoms with Gasteiger partial charge in [0.1, 0.15) is 0 Å². The third-order valence-corrected chi connectivity index (χ3v) is 4.33. The first kappa shape index (κ1) is 15.0. The largest absolute Gasteiger partial charge is 0.314 e. The second-order valence-corrected chi connectivity index (χ2v) is 6.09. The van der Waals surface area contributed by atoms with Gasteiger partial charge in [-0.2, -0.15) is 0 Å². The Morgan fingerprint density at radius 1 is 1.00 bits per heavy atom. The third-order valence-electron chi connectivity index (χ3n) is 4.33. The average Bonchev–Trinajstić information content (AvgIpc) is 2.33. The summed E-state index contributed by atoms with van der Waals surface area (Å²) < 4.78 is 0. The molecule has 0 saturated heterocycles. The Morgan fingerprint density at radius 2 is 1.82 bits per heavy atom. The van der Waals surface area contributed by atoms with Crippen molar-refractivity contribution in [2.24, 2.45) is 11.8 Å². The summed E-state index contributed by atoms with van der Waals surface area (Å²) in [6.07, 6.45) is 12.7. The van der Waals surface area contributed by atoms with Crippen LogP contribution in [0.2, 0.25) is 0 Å². The topological polar surface area (TPSA) is 12.0 Å². The van der Waals surface area contributed by atoms with Crippen molar-refractivity contribution >= 4 is 0 Å². The monoisotopic (exact) mass is 239 g/mol. The van der Waals surface area contributed by atoms with E-state index >= 15 is 0 Å². The van der Waals surface area contributed by atoms with E-state index in [0.717, 1.165) is 17.9 Å². The Hall–Kier alpha value is -0.0400. The van der Waals surface area contributed by atoms with Crippen molar-refractivity contribution in [3.8, 4) is 0 Å². The van der Waals surface area contributed by atoms with E-state index in [-0.39, 0.29) is 0 Å². The molecule has 1 heteroatoms. The molecule has 3 atom stereocenters. The minimum absolute atomic E-state index is 0.827. The quantitative estimate of drug-likeness (QED) is 0.602. The number of rotatable bonds is 8. The van der Waals surface area contributed by atoms with Gasteiger partial charge in [-0.3, -0.25) is 0 Å². The Kier molecular flexibility index (Phi) is 7.92. The van der Waals surface area contributed by atoms with Gasteiger partial charge in [-0.05, 0) is 50.5 Å². The molecule has 1 aliphatic carbocycles. The summed E-state index contributed by atoms with van der Waals surface area (Å²) in [5, 5.41) is 3.78. The molecule has 1 N–H and O–H groups in total. The fourth-order valence-corrected chi connectivity index (χ4v) is 3.25. The van der Waals surface area contributed by atoms with Gasteiger partial charge in [0, 0.05) is 6.04 Å². The summed E-state index contributed by atoms with van der Waals surface area (Å²) in [6.45, 7) is 8.22. The molecule has 0 aromatic rings. The zero-order valence-corrected chi connectivity index (χ0v) is 12.3. The lowest BCUT2D eigenvalue weighted by Crippen LogP contribution is -2.40. The number of hydrogen-bond acceptors (Lipinski definition) is 1. The molecule has 0 aromatic carbocycles. The van der Waals surface area contributed by atoms with Crippen LogP contribution in [-0.2, 0) is 0 Å². The van der Waals surface area contributed by atoms with E-state index in [1.165, 1.54) is 64.3 Å². The third kappa shape index (κ3) is 5.90. The summed E-state index contributed by atoms with van der Waals surface area (Å²) in [6, 6.07) is 0.827. The zero-order valence-electron chi connectivity index (χ0n) is 12.3. The van der Waals surface area contributed by atoms with Gasteiger partial charge in [0.2, 0.25) is 0 Å². The molecule has 1 nitrogen and oxygen atoms in total. The number of unbranched alkanes of at least 4 members (excludes halogenated alkanes) is 3. The summed E-state index contributed by atoms with van der Waals surface area (Å²) in [4.78, 5) is 0. The predicted molar refractivity (Wildman–Crippen MR) is 77.3 cm³/mol. The molecule has 0 aromatic heterocycles. The van der Waals surface area contributed by atoms with Crippen LogP contribution in [-0.4, -0.2) is 12.6 Å². The van der Waals surface area contributed by atoms with Gasteiger partial charge < -0.3 is 5.32 Å². The Balaban J connectivity index is 2.27. The first-order valence-electron chi connectivity index (χ1n) is 8.01. The Bertz CT molecular complexity index is 176. The van der Waals surface area contributed by atoms with E-state index in [1.807, 2.05) is 0 Å². The van der Waals surface area contributed by atoms with E-state index in [0.29, 0.717) is 0 Å². The maximum atomic E-state index is 3.78. The molecule has 1 rings (SSSR count). The van der Waals surface area contributed by atoms with Gasteiger partial charge in [-0.25, -0.2) is 0 Å². The summed E-state index contributed by atoms with van der Waals surface area (Å²) in [5.41, 5.74) is 0. The van der Waals surface area contributed by atoms with Crippen LogP contribution in [0.3, 0.4) is 0 Å². The fraction of sp³-hybridized carbons (Fsp3) is 1.00. The molecular weight excluding hydrogens is 206 g/mol. The van der Waals surface area contributed by atoms with Gasteiger partial charge in [0.15, 0.2) is 0 Å². The van der Waals surface area contributed by atoms with E-state index in [9.17, 15) is 0 Å². The lowest BCUT2D eigenvalue weighted by Gasteiger charge is -2.35. The van der Waals surface area contributed by atoms with Gasteiger partial charge in [-0.15, -0.1) is 0 Å². The summed E-state index contributed by atoms with van der Waals surface area (Å²) >= 11 is 0. The molecule has 0 radical (unpaired) electrons. The molecule has 1 saturated carbocycles. The van der Waals surface area contributed by atoms with Crippen molar-refractivity contribution < 1.29 is 0 Å². The standard InChI is InChI=1S/C16H33N/c1-4-6-7-8-9-15-13-14(3)10-11-16(15)17-12-5-2/h14-17H,4-13H2,1-3H3. The lowest BCUT2D eigenvalue weighted by molar-refractivity contribution is 0.199. The van der Waals surface area contributed by atoms with Crippen LogP contribution in [0.5, 0.6) is 0 Å². The van der Waals surface area contributed by atoms with Crippen LogP contribution in [0.25, 0.3) is 0 Å². The van der Waals surface area contributed by atoms with E-state index in [4.69, 9.17) is 0 Å². The molecule has 17 heavy (non-hydrogen) atoms. The number of hydrogen-bond donors (Lipinski definition) is 1. The normalized spacial score (nSPS) is 29.5. The van der Waals surface area contributed by atoms with Gasteiger partial charge >= 0.3 is 0 Å². The van der Waals surface area contributed by atoms with Crippen LogP contribution in [0.4, 0.5) is 0 Å². The smallest absolute Gasteiger partial charge is 0.00955 e. The predicted octanol–water partition coefficient (Wildman–Crippen LogP) is 4.76. The van der Waals surface area contributed by atoms with E-state index < -0.39 is 0 Å². The second-order valence-electron chi connectivity index (χ2n) is 6.09. The lowest BCUT2D eigenvalue weighted by atomic mass is 9.76. The average molecular weight is 239 g/mol. The maximum absolute atomic E-state index is 3.78. The van der Waals surface area contributed by atoms with Gasteiger partial charge in [0.05, 0.1) is 0 Å². The Morgan fingerprint density at radius 3 is 2.53 bits per heavy atom. The van der Waals surface area contributed by atoms with Crippen molar-refractivity contribution in [1.29, 1.82) is 0 Å². The van der Waals surface area contributed by atoms with Crippen molar-refractivity contribution in [3.63, 3.8) is 0 Å². The van der Waals surface area contributed by atoms with Crippen molar-refractivity contribution in [2.45, 2.75) is 84.6 Å². The van der Waals surface area contributed by atoms with E-state index in [2.05, 4.69) is 26.1 Å². The summed E-state index contributed by atoms with van der Waals surface area (Å²) in [7, 11) is 0. The van der Waals surface area contributed by atoms with Crippen molar-refractivity contribution in [1.82, 2.24) is 5.32 Å². The van der Waals surface area contributed by atoms with Crippen LogP contribution < -0.4 is 5.32 Å². The molecule has 0 spiro atoms. The molecule has 0 aliphatic heterocycles.